The van der Waals surface area contributed by atoms with Gasteiger partial charge < -0.3 is 9.47 Å². The SMILES string of the molecule is Cc1nc(C(C)C)ccc1O[C@H]1CCC[C@H](OC=O)C1. The van der Waals surface area contributed by atoms with Crippen LogP contribution in [0.15, 0.2) is 12.1 Å². The Balaban J connectivity index is 2.00. The summed E-state index contributed by atoms with van der Waals surface area (Å²) in [4.78, 5) is 15.0. The highest BCUT2D eigenvalue weighted by Crippen LogP contribution is 2.27. The highest BCUT2D eigenvalue weighted by atomic mass is 16.5. The molecule has 110 valence electrons. The van der Waals surface area contributed by atoms with E-state index in [0.29, 0.717) is 12.4 Å². The molecule has 4 nitrogen and oxygen atoms in total. The topological polar surface area (TPSA) is 48.4 Å². The quantitative estimate of drug-likeness (QED) is 0.774. The number of hydrogen-bond donors (Lipinski definition) is 0. The third-order valence-corrected chi connectivity index (χ3v) is 3.77. The van der Waals surface area contributed by atoms with Gasteiger partial charge in [-0.1, -0.05) is 13.8 Å². The molecule has 2 atom stereocenters. The number of hydrogen-bond acceptors (Lipinski definition) is 4. The highest BCUT2D eigenvalue weighted by Gasteiger charge is 2.24. The Morgan fingerprint density at radius 1 is 1.30 bits per heavy atom. The predicted molar refractivity (Wildman–Crippen MR) is 76.9 cm³/mol. The lowest BCUT2D eigenvalue weighted by atomic mass is 9.95. The average Bonchev–Trinajstić information content (AvgIpc) is 2.42. The molecule has 0 spiro atoms. The predicted octanol–water partition coefficient (Wildman–Crippen LogP) is 3.38. The molecule has 2 rings (SSSR count). The van der Waals surface area contributed by atoms with Crippen LogP contribution < -0.4 is 4.74 Å². The molecule has 0 bridgehead atoms. The van der Waals surface area contributed by atoms with Crippen molar-refractivity contribution in [1.82, 2.24) is 4.98 Å². The minimum Gasteiger partial charge on any atom is -0.488 e. The molecular formula is C16H23NO3. The number of pyridine rings is 1. The first-order valence-electron chi connectivity index (χ1n) is 7.33. The van der Waals surface area contributed by atoms with Crippen molar-refractivity contribution in [3.8, 4) is 5.75 Å². The van der Waals surface area contributed by atoms with Crippen molar-refractivity contribution in [2.24, 2.45) is 0 Å². The van der Waals surface area contributed by atoms with Gasteiger partial charge in [0.05, 0.1) is 5.69 Å². The van der Waals surface area contributed by atoms with Crippen LogP contribution in [0.2, 0.25) is 0 Å². The van der Waals surface area contributed by atoms with Gasteiger partial charge in [-0.15, -0.1) is 0 Å². The molecule has 0 aliphatic heterocycles. The number of aromatic nitrogens is 1. The van der Waals surface area contributed by atoms with Gasteiger partial charge in [-0.05, 0) is 44.2 Å². The molecule has 1 aromatic heterocycles. The molecule has 0 amide bonds. The molecule has 1 saturated carbocycles. The standard InChI is InChI=1S/C16H23NO3/c1-11(2)15-7-8-16(12(3)17-15)20-14-6-4-5-13(9-14)19-10-18/h7-8,10-11,13-14H,4-6,9H2,1-3H3/t13-,14-/m0/s1. The van der Waals surface area contributed by atoms with E-state index in [-0.39, 0.29) is 12.2 Å². The van der Waals surface area contributed by atoms with Crippen LogP contribution in [0.3, 0.4) is 0 Å². The smallest absolute Gasteiger partial charge is 0.293 e. The van der Waals surface area contributed by atoms with Crippen molar-refractivity contribution in [3.63, 3.8) is 0 Å². The van der Waals surface area contributed by atoms with Crippen LogP contribution >= 0.6 is 0 Å². The van der Waals surface area contributed by atoms with Gasteiger partial charge in [-0.25, -0.2) is 0 Å². The minimum absolute atomic E-state index is 0.00514. The molecule has 4 heteroatoms. The van der Waals surface area contributed by atoms with Crippen molar-refractivity contribution in [2.45, 2.75) is 64.6 Å². The van der Waals surface area contributed by atoms with Gasteiger partial charge >= 0.3 is 0 Å². The second kappa shape index (κ2) is 6.73. The van der Waals surface area contributed by atoms with E-state index in [1.165, 1.54) is 0 Å². The number of carbonyl (C=O) groups is 1. The van der Waals surface area contributed by atoms with Gasteiger partial charge in [0.1, 0.15) is 18.0 Å². The van der Waals surface area contributed by atoms with Gasteiger partial charge in [0.2, 0.25) is 0 Å². The molecule has 0 aromatic carbocycles. The van der Waals surface area contributed by atoms with E-state index in [9.17, 15) is 4.79 Å². The van der Waals surface area contributed by atoms with E-state index in [0.717, 1.165) is 42.8 Å². The molecule has 1 heterocycles. The molecule has 0 N–H and O–H groups in total. The van der Waals surface area contributed by atoms with Crippen LogP contribution in [-0.2, 0) is 9.53 Å². The summed E-state index contributed by atoms with van der Waals surface area (Å²) < 4.78 is 11.1. The third kappa shape index (κ3) is 3.71. The van der Waals surface area contributed by atoms with Gasteiger partial charge in [0.25, 0.3) is 6.47 Å². The molecular weight excluding hydrogens is 254 g/mol. The fourth-order valence-electron chi connectivity index (χ4n) is 2.60. The molecule has 1 fully saturated rings. The molecule has 20 heavy (non-hydrogen) atoms. The van der Waals surface area contributed by atoms with E-state index in [4.69, 9.17) is 9.47 Å². The Hall–Kier alpha value is -1.58. The summed E-state index contributed by atoms with van der Waals surface area (Å²) in [7, 11) is 0. The highest BCUT2D eigenvalue weighted by molar-refractivity contribution is 5.37. The molecule has 0 unspecified atom stereocenters. The van der Waals surface area contributed by atoms with Gasteiger partial charge in [0.15, 0.2) is 0 Å². The lowest BCUT2D eigenvalue weighted by Crippen LogP contribution is -2.30. The number of ether oxygens (including phenoxy) is 2. The van der Waals surface area contributed by atoms with Gasteiger partial charge in [0, 0.05) is 12.1 Å². The lowest BCUT2D eigenvalue weighted by molar-refractivity contribution is -0.136. The van der Waals surface area contributed by atoms with Gasteiger partial charge in [-0.2, -0.15) is 0 Å². The maximum Gasteiger partial charge on any atom is 0.293 e. The first kappa shape index (κ1) is 14.8. The van der Waals surface area contributed by atoms with Crippen LogP contribution in [0, 0.1) is 6.92 Å². The average molecular weight is 277 g/mol. The van der Waals surface area contributed by atoms with Crippen molar-refractivity contribution >= 4 is 6.47 Å². The van der Waals surface area contributed by atoms with Gasteiger partial charge in [-0.3, -0.25) is 9.78 Å². The van der Waals surface area contributed by atoms with Crippen molar-refractivity contribution in [3.05, 3.63) is 23.5 Å². The monoisotopic (exact) mass is 277 g/mol. The summed E-state index contributed by atoms with van der Waals surface area (Å²) in [6.07, 6.45) is 3.84. The molecule has 0 saturated heterocycles. The lowest BCUT2D eigenvalue weighted by Gasteiger charge is -2.28. The number of rotatable bonds is 5. The Kier molecular flexibility index (Phi) is 4.99. The first-order chi connectivity index (χ1) is 9.60. The second-order valence-corrected chi connectivity index (χ2v) is 5.74. The number of aryl methyl sites for hydroxylation is 1. The fraction of sp³-hybridized carbons (Fsp3) is 0.625. The normalized spacial score (nSPS) is 22.6. The van der Waals surface area contributed by atoms with Crippen LogP contribution in [-0.4, -0.2) is 23.7 Å². The van der Waals surface area contributed by atoms with Crippen LogP contribution in [0.4, 0.5) is 0 Å². The van der Waals surface area contributed by atoms with Crippen LogP contribution in [0.25, 0.3) is 0 Å². The summed E-state index contributed by atoms with van der Waals surface area (Å²) in [6, 6.07) is 4.02. The van der Waals surface area contributed by atoms with Crippen LogP contribution in [0.1, 0.15) is 56.8 Å². The van der Waals surface area contributed by atoms with E-state index in [1.807, 2.05) is 19.1 Å². The van der Waals surface area contributed by atoms with Crippen LogP contribution in [0.5, 0.6) is 5.75 Å². The Bertz CT molecular complexity index is 459. The summed E-state index contributed by atoms with van der Waals surface area (Å²) in [5.74, 6) is 1.26. The third-order valence-electron chi connectivity index (χ3n) is 3.77. The van der Waals surface area contributed by atoms with E-state index >= 15 is 0 Å². The maximum absolute atomic E-state index is 10.4. The fourth-order valence-corrected chi connectivity index (χ4v) is 2.60. The van der Waals surface area contributed by atoms with Crippen molar-refractivity contribution in [2.75, 3.05) is 0 Å². The summed E-state index contributed by atoms with van der Waals surface area (Å²) in [5.41, 5.74) is 2.01. The van der Waals surface area contributed by atoms with Crippen molar-refractivity contribution in [1.29, 1.82) is 0 Å². The molecule has 0 radical (unpaired) electrons. The Morgan fingerprint density at radius 3 is 2.70 bits per heavy atom. The zero-order valence-electron chi connectivity index (χ0n) is 12.5. The zero-order chi connectivity index (χ0) is 14.5. The van der Waals surface area contributed by atoms with E-state index < -0.39 is 0 Å². The number of nitrogens with zero attached hydrogens (tertiary/aromatic N) is 1. The van der Waals surface area contributed by atoms with Crippen molar-refractivity contribution < 1.29 is 14.3 Å². The minimum atomic E-state index is -0.00514. The van der Waals surface area contributed by atoms with E-state index in [2.05, 4.69) is 18.8 Å². The molecule has 1 aromatic rings. The Labute approximate surface area is 120 Å². The Morgan fingerprint density at radius 2 is 2.05 bits per heavy atom. The number of carbonyl (C=O) groups excluding carboxylic acids is 1. The first-order valence-corrected chi connectivity index (χ1v) is 7.33. The zero-order valence-corrected chi connectivity index (χ0v) is 12.5. The summed E-state index contributed by atoms with van der Waals surface area (Å²) in [5, 5.41) is 0. The molecule has 1 aliphatic rings. The summed E-state index contributed by atoms with van der Waals surface area (Å²) in [6.45, 7) is 6.77. The summed E-state index contributed by atoms with van der Waals surface area (Å²) >= 11 is 0. The molecule has 1 aliphatic carbocycles. The van der Waals surface area contributed by atoms with E-state index in [1.54, 1.807) is 0 Å². The maximum atomic E-state index is 10.4. The largest absolute Gasteiger partial charge is 0.488 e. The second-order valence-electron chi connectivity index (χ2n) is 5.74.